The van der Waals surface area contributed by atoms with Gasteiger partial charge in [0.15, 0.2) is 0 Å². The molecule has 0 saturated carbocycles. The van der Waals surface area contributed by atoms with Crippen molar-refractivity contribution in [3.63, 3.8) is 0 Å². The molecule has 4 N–H and O–H groups in total. The van der Waals surface area contributed by atoms with Crippen LogP contribution in [0.1, 0.15) is 42.3 Å². The van der Waals surface area contributed by atoms with Crippen LogP contribution in [0.2, 0.25) is 0 Å². The first kappa shape index (κ1) is 23.0. The smallest absolute Gasteiger partial charge is 0.248 e. The molecule has 0 aliphatic rings. The number of hydrogen-bond donors (Lipinski definition) is 3. The summed E-state index contributed by atoms with van der Waals surface area (Å²) in [7, 11) is 0. The number of benzene rings is 2. The highest BCUT2D eigenvalue weighted by atomic mass is 16.3. The second-order valence-electron chi connectivity index (χ2n) is 7.68. The molecule has 0 spiro atoms. The molecule has 1 heterocycles. The van der Waals surface area contributed by atoms with Gasteiger partial charge in [-0.25, -0.2) is 4.98 Å². The number of fused-ring (bicyclic) bond motifs is 1. The maximum Gasteiger partial charge on any atom is 0.248 e. The number of amides is 1. The topological polar surface area (TPSA) is 92.0 Å². The van der Waals surface area contributed by atoms with Gasteiger partial charge in [-0.3, -0.25) is 4.79 Å². The average Bonchev–Trinajstić information content (AvgIpc) is 3.22. The van der Waals surface area contributed by atoms with Gasteiger partial charge in [0.25, 0.3) is 0 Å². The van der Waals surface area contributed by atoms with Crippen molar-refractivity contribution in [2.45, 2.75) is 26.4 Å². The molecule has 0 aliphatic carbocycles. The molecule has 0 aliphatic heterocycles. The van der Waals surface area contributed by atoms with E-state index in [1.165, 1.54) is 0 Å². The lowest BCUT2D eigenvalue weighted by atomic mass is 9.96. The summed E-state index contributed by atoms with van der Waals surface area (Å²) in [5, 5.41) is 11.0. The summed E-state index contributed by atoms with van der Waals surface area (Å²) >= 11 is 0. The molecule has 5 nitrogen and oxygen atoms in total. The normalized spacial score (nSPS) is 14.3. The van der Waals surface area contributed by atoms with Gasteiger partial charge in [0, 0.05) is 11.1 Å². The number of hydrogen-bond acceptors (Lipinski definition) is 3. The van der Waals surface area contributed by atoms with E-state index in [1.807, 2.05) is 55.5 Å². The molecule has 2 unspecified atom stereocenters. The average molecular weight is 428 g/mol. The minimum absolute atomic E-state index is 0.207. The van der Waals surface area contributed by atoms with E-state index in [-0.39, 0.29) is 5.92 Å². The Labute approximate surface area is 188 Å². The van der Waals surface area contributed by atoms with E-state index in [0.717, 1.165) is 34.2 Å². The molecule has 2 aromatic carbocycles. The van der Waals surface area contributed by atoms with Crippen molar-refractivity contribution in [1.29, 1.82) is 0 Å². The highest BCUT2D eigenvalue weighted by Crippen LogP contribution is 2.28. The van der Waals surface area contributed by atoms with Crippen LogP contribution in [-0.2, 0) is 0 Å². The zero-order valence-electron chi connectivity index (χ0n) is 18.5. The van der Waals surface area contributed by atoms with Crippen LogP contribution in [-0.4, -0.2) is 21.0 Å². The fraction of sp³-hybridized carbons (Fsp3) is 0.185. The maximum atomic E-state index is 11.4. The number of nitrogens with zero attached hydrogens (tertiary/aromatic N) is 1. The molecular formula is C27H29N3O2. The number of carbonyl (C=O) groups is 1. The first-order valence-electron chi connectivity index (χ1n) is 10.6. The summed E-state index contributed by atoms with van der Waals surface area (Å²) < 4.78 is 0. The Bertz CT molecular complexity index is 1180. The molecule has 1 amide bonds. The van der Waals surface area contributed by atoms with E-state index >= 15 is 0 Å². The summed E-state index contributed by atoms with van der Waals surface area (Å²) in [6.45, 7) is 7.81. The third kappa shape index (κ3) is 5.50. The quantitative estimate of drug-likeness (QED) is 0.305. The van der Waals surface area contributed by atoms with Gasteiger partial charge in [0.1, 0.15) is 11.9 Å². The standard InChI is InChI=1S/C27H29N3O2/c1-4-6-7-9-21(16-18(3)8-5-2)25(31)19-10-12-20(13-11-19)27-29-23-15-14-22(26(28)32)17-24(23)30-27/h4-5,7-18,25,31H,1,6H2,2-3H3,(H2,28,32)(H,29,30)/b8-5-,9-7-,21-16+. The number of rotatable bonds is 9. The molecular weight excluding hydrogens is 398 g/mol. The second-order valence-corrected chi connectivity index (χ2v) is 7.68. The lowest BCUT2D eigenvalue weighted by Gasteiger charge is -2.15. The first-order valence-corrected chi connectivity index (χ1v) is 10.6. The molecule has 2 atom stereocenters. The minimum atomic E-state index is -0.744. The number of aliphatic hydroxyl groups is 1. The van der Waals surface area contributed by atoms with Crippen molar-refractivity contribution in [2.24, 2.45) is 11.7 Å². The predicted octanol–water partition coefficient (Wildman–Crippen LogP) is 5.63. The van der Waals surface area contributed by atoms with Gasteiger partial charge in [-0.15, -0.1) is 6.58 Å². The van der Waals surface area contributed by atoms with Crippen LogP contribution < -0.4 is 5.73 Å². The van der Waals surface area contributed by atoms with Crippen LogP contribution in [0.15, 0.2) is 91.1 Å². The lowest BCUT2D eigenvalue weighted by molar-refractivity contribution is 0.100. The Morgan fingerprint density at radius 3 is 2.66 bits per heavy atom. The lowest BCUT2D eigenvalue weighted by Crippen LogP contribution is -2.10. The van der Waals surface area contributed by atoms with Crippen molar-refractivity contribution in [3.05, 3.63) is 102 Å². The van der Waals surface area contributed by atoms with E-state index in [1.54, 1.807) is 18.2 Å². The number of H-pyrrole nitrogens is 1. The largest absolute Gasteiger partial charge is 0.384 e. The zero-order chi connectivity index (χ0) is 23.1. The molecule has 1 aromatic heterocycles. The number of primary amides is 1. The maximum absolute atomic E-state index is 11.4. The molecule has 0 saturated heterocycles. The third-order valence-electron chi connectivity index (χ3n) is 5.15. The van der Waals surface area contributed by atoms with Gasteiger partial charge in [0.05, 0.1) is 11.0 Å². The molecule has 3 aromatic rings. The third-order valence-corrected chi connectivity index (χ3v) is 5.15. The van der Waals surface area contributed by atoms with E-state index < -0.39 is 12.0 Å². The number of aromatic amines is 1. The Morgan fingerprint density at radius 2 is 2.00 bits per heavy atom. The number of nitrogens with one attached hydrogen (secondary N) is 1. The van der Waals surface area contributed by atoms with E-state index in [2.05, 4.69) is 35.6 Å². The molecule has 5 heteroatoms. The fourth-order valence-corrected chi connectivity index (χ4v) is 3.52. The molecule has 3 rings (SSSR count). The minimum Gasteiger partial charge on any atom is -0.384 e. The van der Waals surface area contributed by atoms with Gasteiger partial charge >= 0.3 is 0 Å². The van der Waals surface area contributed by atoms with Crippen molar-refractivity contribution in [1.82, 2.24) is 9.97 Å². The summed E-state index contributed by atoms with van der Waals surface area (Å²) in [6.07, 6.45) is 11.9. The number of aromatic nitrogens is 2. The SMILES string of the molecule is C=CC/C=C\C(=C/C(C)/C=C\C)C(O)c1ccc(-c2nc3ccc(C(N)=O)cc3[nH]2)cc1. The monoisotopic (exact) mass is 427 g/mol. The summed E-state index contributed by atoms with van der Waals surface area (Å²) in [5.74, 6) is 0.417. The fourth-order valence-electron chi connectivity index (χ4n) is 3.52. The predicted molar refractivity (Wildman–Crippen MR) is 131 cm³/mol. The van der Waals surface area contributed by atoms with Gasteiger partial charge in [-0.1, -0.05) is 67.6 Å². The Kier molecular flexibility index (Phi) is 7.58. The van der Waals surface area contributed by atoms with Gasteiger partial charge in [-0.2, -0.15) is 0 Å². The number of imidazole rings is 1. The summed E-state index contributed by atoms with van der Waals surface area (Å²) in [6, 6.07) is 12.8. The number of aliphatic hydroxyl groups excluding tert-OH is 1. The molecule has 0 radical (unpaired) electrons. The Balaban J connectivity index is 1.87. The number of nitrogens with two attached hydrogens (primary N) is 1. The Hall–Kier alpha value is -3.70. The Morgan fingerprint density at radius 1 is 1.25 bits per heavy atom. The molecule has 164 valence electrons. The second kappa shape index (κ2) is 10.6. The van der Waals surface area contributed by atoms with Crippen LogP contribution in [0.3, 0.4) is 0 Å². The summed E-state index contributed by atoms with van der Waals surface area (Å²) in [4.78, 5) is 19.2. The van der Waals surface area contributed by atoms with Gasteiger partial charge in [-0.05, 0) is 48.6 Å². The van der Waals surface area contributed by atoms with E-state index in [4.69, 9.17) is 5.73 Å². The highest BCUT2D eigenvalue weighted by molar-refractivity contribution is 5.96. The van der Waals surface area contributed by atoms with Crippen molar-refractivity contribution < 1.29 is 9.90 Å². The van der Waals surface area contributed by atoms with Crippen LogP contribution in [0, 0.1) is 5.92 Å². The van der Waals surface area contributed by atoms with Crippen molar-refractivity contribution in [3.8, 4) is 11.4 Å². The van der Waals surface area contributed by atoms with Crippen LogP contribution in [0.25, 0.3) is 22.4 Å². The molecule has 32 heavy (non-hydrogen) atoms. The number of carbonyl (C=O) groups excluding carboxylic acids is 1. The van der Waals surface area contributed by atoms with Gasteiger partial charge < -0.3 is 15.8 Å². The van der Waals surface area contributed by atoms with Crippen molar-refractivity contribution in [2.75, 3.05) is 0 Å². The van der Waals surface area contributed by atoms with Crippen molar-refractivity contribution >= 4 is 16.9 Å². The highest BCUT2D eigenvalue weighted by Gasteiger charge is 2.14. The van der Waals surface area contributed by atoms with Crippen LogP contribution in [0.5, 0.6) is 0 Å². The van der Waals surface area contributed by atoms with Crippen LogP contribution in [0.4, 0.5) is 0 Å². The van der Waals surface area contributed by atoms with Crippen LogP contribution >= 0.6 is 0 Å². The van der Waals surface area contributed by atoms with E-state index in [0.29, 0.717) is 11.4 Å². The zero-order valence-corrected chi connectivity index (χ0v) is 18.5. The van der Waals surface area contributed by atoms with Gasteiger partial charge in [0.2, 0.25) is 5.91 Å². The summed E-state index contributed by atoms with van der Waals surface area (Å²) in [5.41, 5.74) is 9.81. The number of allylic oxidation sites excluding steroid dienone is 5. The molecule has 0 bridgehead atoms. The first-order chi connectivity index (χ1) is 15.4. The molecule has 0 fully saturated rings. The van der Waals surface area contributed by atoms with E-state index in [9.17, 15) is 9.90 Å².